The maximum Gasteiger partial charge on any atom is 0.472 e. The van der Waals surface area contributed by atoms with E-state index in [0.717, 1.165) is 89.9 Å². The van der Waals surface area contributed by atoms with Gasteiger partial charge in [-0.15, -0.1) is 0 Å². The van der Waals surface area contributed by atoms with Crippen LogP contribution in [0.3, 0.4) is 0 Å². The first-order chi connectivity index (χ1) is 37.0. The van der Waals surface area contributed by atoms with Crippen molar-refractivity contribution in [3.05, 3.63) is 97.2 Å². The van der Waals surface area contributed by atoms with E-state index in [1.807, 2.05) is 21.1 Å². The van der Waals surface area contributed by atoms with Crippen molar-refractivity contribution in [3.63, 3.8) is 0 Å². The Bertz CT molecular complexity index is 1600. The van der Waals surface area contributed by atoms with E-state index in [0.29, 0.717) is 17.4 Å². The number of hydrogen-bond donors (Lipinski definition) is 1. The quantitative estimate of drug-likeness (QED) is 0.0211. The van der Waals surface area contributed by atoms with Gasteiger partial charge in [-0.2, -0.15) is 0 Å². The first-order valence-corrected chi connectivity index (χ1v) is 32.5. The van der Waals surface area contributed by atoms with E-state index in [2.05, 4.69) is 111 Å². The lowest BCUT2D eigenvalue weighted by molar-refractivity contribution is -0.870. The van der Waals surface area contributed by atoms with Gasteiger partial charge in [-0.1, -0.05) is 246 Å². The van der Waals surface area contributed by atoms with Crippen molar-refractivity contribution >= 4 is 19.8 Å². The Morgan fingerprint density at radius 2 is 0.750 bits per heavy atom. The van der Waals surface area contributed by atoms with Gasteiger partial charge in [0, 0.05) is 12.8 Å². The van der Waals surface area contributed by atoms with Crippen LogP contribution in [0.2, 0.25) is 0 Å². The van der Waals surface area contributed by atoms with Crippen LogP contribution < -0.4 is 0 Å². The molecule has 438 valence electrons. The molecule has 1 N–H and O–H groups in total. The second-order valence-corrected chi connectivity index (χ2v) is 23.2. The average molecular weight is 1080 g/mol. The number of phosphoric acid groups is 1. The van der Waals surface area contributed by atoms with E-state index in [1.54, 1.807) is 0 Å². The zero-order valence-corrected chi connectivity index (χ0v) is 50.6. The fourth-order valence-electron chi connectivity index (χ4n) is 8.34. The van der Waals surface area contributed by atoms with Crippen molar-refractivity contribution in [2.75, 3.05) is 47.5 Å². The van der Waals surface area contributed by atoms with Crippen molar-refractivity contribution in [2.24, 2.45) is 0 Å². The standard InChI is InChI=1S/C66H116NO8P/c1-6-8-10-12-14-16-18-20-22-24-26-28-29-30-31-32-33-34-35-36-37-39-41-43-45-47-49-51-53-55-57-59-66(69)75-64(63-74-76(70,71)73-61-60-67(3,4)5)62-72-65(68)58-56-54-52-50-48-46-44-42-40-38-27-25-23-21-19-17-15-13-11-9-7-2/h8,10,14,16,20,22,25-28,30-31,33-34,36-37,64H,6-7,9,11-13,15,17-19,21,23-24,29,32,35,38-63H2,1-5H3/p+1/b10-8-,16-14-,22-20-,27-25-,28-26-,31-30-,34-33-,37-36-. The first-order valence-electron chi connectivity index (χ1n) is 31.0. The van der Waals surface area contributed by atoms with Gasteiger partial charge in [-0.05, 0) is 96.3 Å². The summed E-state index contributed by atoms with van der Waals surface area (Å²) in [6, 6.07) is 0. The molecule has 0 aliphatic carbocycles. The second-order valence-electron chi connectivity index (χ2n) is 21.7. The molecule has 0 amide bonds. The number of carbonyl (C=O) groups excluding carboxylic acids is 2. The van der Waals surface area contributed by atoms with Crippen LogP contribution in [-0.4, -0.2) is 74.9 Å². The van der Waals surface area contributed by atoms with Crippen LogP contribution >= 0.6 is 7.82 Å². The van der Waals surface area contributed by atoms with E-state index >= 15 is 0 Å². The number of carbonyl (C=O) groups is 2. The number of unbranched alkanes of at least 4 members (excludes halogenated alkanes) is 26. The van der Waals surface area contributed by atoms with Crippen molar-refractivity contribution in [1.29, 1.82) is 0 Å². The predicted molar refractivity (Wildman–Crippen MR) is 325 cm³/mol. The molecule has 0 saturated carbocycles. The molecule has 0 aromatic heterocycles. The Kier molecular flexibility index (Phi) is 54.4. The minimum Gasteiger partial charge on any atom is -0.462 e. The predicted octanol–water partition coefficient (Wildman–Crippen LogP) is 19.6. The number of quaternary nitrogens is 1. The van der Waals surface area contributed by atoms with Gasteiger partial charge < -0.3 is 18.9 Å². The molecule has 10 heteroatoms. The third-order valence-electron chi connectivity index (χ3n) is 13.1. The van der Waals surface area contributed by atoms with Crippen LogP contribution in [-0.2, 0) is 32.7 Å². The molecule has 0 aromatic rings. The molecule has 0 fully saturated rings. The highest BCUT2D eigenvalue weighted by atomic mass is 31.2. The van der Waals surface area contributed by atoms with E-state index in [-0.39, 0.29) is 32.0 Å². The number of esters is 2. The molecule has 0 bridgehead atoms. The SMILES string of the molecule is CC/C=C\C/C=C\C/C=C\C/C=C\C/C=C\C/C=C\C/C=C\CCCCCCCCCCCC(=O)OC(COC(=O)CCCCCCCCCCC/C=C\CCCCCCCCCC)COP(=O)(O)OCC[N+](C)(C)C. The normalized spacial score (nSPS) is 13.9. The minimum atomic E-state index is -4.40. The lowest BCUT2D eigenvalue weighted by atomic mass is 10.1. The number of rotatable bonds is 56. The molecular weight excluding hydrogens is 966 g/mol. The van der Waals surface area contributed by atoms with Crippen molar-refractivity contribution < 1.29 is 42.1 Å². The monoisotopic (exact) mass is 1080 g/mol. The van der Waals surface area contributed by atoms with Gasteiger partial charge in [0.25, 0.3) is 0 Å². The summed E-state index contributed by atoms with van der Waals surface area (Å²) in [5, 5.41) is 0. The Hall–Kier alpha value is -3.07. The van der Waals surface area contributed by atoms with Gasteiger partial charge in [-0.3, -0.25) is 18.6 Å². The largest absolute Gasteiger partial charge is 0.472 e. The highest BCUT2D eigenvalue weighted by Gasteiger charge is 2.27. The molecule has 0 spiro atoms. The summed E-state index contributed by atoms with van der Waals surface area (Å²) in [5.74, 6) is -0.806. The summed E-state index contributed by atoms with van der Waals surface area (Å²) in [5.41, 5.74) is 0. The Morgan fingerprint density at radius 1 is 0.421 bits per heavy atom. The molecule has 2 unspecified atom stereocenters. The maximum absolute atomic E-state index is 12.8. The molecule has 0 aromatic carbocycles. The Labute approximate surface area is 468 Å². The van der Waals surface area contributed by atoms with Crippen LogP contribution in [0.5, 0.6) is 0 Å². The first kappa shape index (κ1) is 72.9. The van der Waals surface area contributed by atoms with Crippen LogP contribution in [0.15, 0.2) is 97.2 Å². The fraction of sp³-hybridized carbons (Fsp3) is 0.727. The summed E-state index contributed by atoms with van der Waals surface area (Å²) < 4.78 is 34.6. The molecule has 0 aliphatic rings. The summed E-state index contributed by atoms with van der Waals surface area (Å²) in [6.45, 7) is 4.32. The number of likely N-dealkylation sites (N-methyl/N-ethyl adjacent to an activating group) is 1. The van der Waals surface area contributed by atoms with Crippen LogP contribution in [0.1, 0.15) is 258 Å². The molecule has 0 heterocycles. The number of ether oxygens (including phenoxy) is 2. The lowest BCUT2D eigenvalue weighted by Gasteiger charge is -2.24. The van der Waals surface area contributed by atoms with Crippen LogP contribution in [0.25, 0.3) is 0 Å². The summed E-state index contributed by atoms with van der Waals surface area (Å²) in [4.78, 5) is 35.8. The third kappa shape index (κ3) is 60.2. The summed E-state index contributed by atoms with van der Waals surface area (Å²) >= 11 is 0. The molecule has 2 atom stereocenters. The number of nitrogens with zero attached hydrogens (tertiary/aromatic N) is 1. The van der Waals surface area contributed by atoms with Crippen LogP contribution in [0, 0.1) is 0 Å². The summed E-state index contributed by atoms with van der Waals surface area (Å²) in [6.07, 6.45) is 77.6. The lowest BCUT2D eigenvalue weighted by Crippen LogP contribution is -2.37. The average Bonchev–Trinajstić information content (AvgIpc) is 3.38. The Morgan fingerprint density at radius 3 is 1.13 bits per heavy atom. The number of allylic oxidation sites excluding steroid dienone is 16. The van der Waals surface area contributed by atoms with Crippen molar-refractivity contribution in [3.8, 4) is 0 Å². The van der Waals surface area contributed by atoms with Crippen molar-refractivity contribution in [2.45, 2.75) is 264 Å². The minimum absolute atomic E-state index is 0.0263. The van der Waals surface area contributed by atoms with E-state index < -0.39 is 26.5 Å². The smallest absolute Gasteiger partial charge is 0.462 e. The molecular formula is C66H117NO8P+. The van der Waals surface area contributed by atoms with E-state index in [4.69, 9.17) is 18.5 Å². The van der Waals surface area contributed by atoms with E-state index in [1.165, 1.54) is 135 Å². The summed E-state index contributed by atoms with van der Waals surface area (Å²) in [7, 11) is 1.47. The van der Waals surface area contributed by atoms with Gasteiger partial charge in [0.05, 0.1) is 27.7 Å². The topological polar surface area (TPSA) is 108 Å². The van der Waals surface area contributed by atoms with Crippen LogP contribution in [0.4, 0.5) is 0 Å². The van der Waals surface area contributed by atoms with Gasteiger partial charge in [0.1, 0.15) is 19.8 Å². The van der Waals surface area contributed by atoms with Gasteiger partial charge in [-0.25, -0.2) is 4.57 Å². The highest BCUT2D eigenvalue weighted by molar-refractivity contribution is 7.47. The molecule has 0 radical (unpaired) electrons. The third-order valence-corrected chi connectivity index (χ3v) is 14.1. The van der Waals surface area contributed by atoms with Gasteiger partial charge >= 0.3 is 19.8 Å². The maximum atomic E-state index is 12.8. The second kappa shape index (κ2) is 56.6. The zero-order chi connectivity index (χ0) is 55.6. The molecule has 0 aliphatic heterocycles. The van der Waals surface area contributed by atoms with E-state index in [9.17, 15) is 19.0 Å². The number of phosphoric ester groups is 1. The van der Waals surface area contributed by atoms with Gasteiger partial charge in [0.2, 0.25) is 0 Å². The fourth-order valence-corrected chi connectivity index (χ4v) is 9.09. The molecule has 0 saturated heterocycles. The zero-order valence-electron chi connectivity index (χ0n) is 49.7. The van der Waals surface area contributed by atoms with Crippen molar-refractivity contribution in [1.82, 2.24) is 0 Å². The number of hydrogen-bond acceptors (Lipinski definition) is 7. The molecule has 9 nitrogen and oxygen atoms in total. The highest BCUT2D eigenvalue weighted by Crippen LogP contribution is 2.43. The Balaban J connectivity index is 4.17. The molecule has 76 heavy (non-hydrogen) atoms. The molecule has 0 rings (SSSR count). The van der Waals surface area contributed by atoms with Gasteiger partial charge in [0.15, 0.2) is 6.10 Å².